The zero-order chi connectivity index (χ0) is 29.6. The Morgan fingerprint density at radius 2 is 1.05 bits per heavy atom. The van der Waals surface area contributed by atoms with E-state index in [1.807, 2.05) is 60.7 Å². The van der Waals surface area contributed by atoms with E-state index in [4.69, 9.17) is 18.9 Å². The molecule has 0 N–H and O–H groups in total. The maximum Gasteiger partial charge on any atom is 0.317 e. The summed E-state index contributed by atoms with van der Waals surface area (Å²) in [6.45, 7) is 5.13. The van der Waals surface area contributed by atoms with Crippen LogP contribution in [0.25, 0.3) is 0 Å². The van der Waals surface area contributed by atoms with Gasteiger partial charge in [0.1, 0.15) is 11.8 Å². The molecule has 4 atom stereocenters. The first-order chi connectivity index (χ1) is 20.5. The lowest BCUT2D eigenvalue weighted by Gasteiger charge is -2.21. The summed E-state index contributed by atoms with van der Waals surface area (Å²) in [7, 11) is 0. The monoisotopic (exact) mass is 572 g/mol. The quantitative estimate of drug-likeness (QED) is 0.344. The van der Waals surface area contributed by atoms with Crippen LogP contribution in [0.5, 0.6) is 0 Å². The average Bonchev–Trinajstić information content (AvgIpc) is 3.50. The van der Waals surface area contributed by atoms with Crippen molar-refractivity contribution >= 4 is 23.5 Å². The minimum absolute atomic E-state index is 0.225. The summed E-state index contributed by atoms with van der Waals surface area (Å²) in [5.41, 5.74) is 3.85. The standard InChI is InChI=1S/2C17H18O4/c2*1-2-20-17(19)14-13(11-7-4-3-5-8-11)12-9-6-10-21-16(12)15(14)18/h2*3-5,7-8,13-14H,2,6,9-10H2,1H3/t2*13-,14+/m11/s1. The van der Waals surface area contributed by atoms with Crippen molar-refractivity contribution in [3.05, 3.63) is 94.5 Å². The Morgan fingerprint density at radius 1 is 0.667 bits per heavy atom. The van der Waals surface area contributed by atoms with Crippen LogP contribution in [-0.4, -0.2) is 49.9 Å². The number of ether oxygens (including phenoxy) is 4. The summed E-state index contributed by atoms with van der Waals surface area (Å²) < 4.78 is 21.3. The van der Waals surface area contributed by atoms with Gasteiger partial charge in [-0.1, -0.05) is 60.7 Å². The maximum atomic E-state index is 12.6. The number of hydrogen-bond acceptors (Lipinski definition) is 8. The number of Topliss-reactive ketones (excluding diaryl/α,β-unsaturated/α-hetero) is 2. The highest BCUT2D eigenvalue weighted by Crippen LogP contribution is 2.47. The summed E-state index contributed by atoms with van der Waals surface area (Å²) in [5, 5.41) is 0. The molecule has 42 heavy (non-hydrogen) atoms. The van der Waals surface area contributed by atoms with E-state index in [1.165, 1.54) is 0 Å². The van der Waals surface area contributed by atoms with E-state index in [9.17, 15) is 19.2 Å². The Morgan fingerprint density at radius 3 is 1.40 bits per heavy atom. The summed E-state index contributed by atoms with van der Waals surface area (Å²) in [6.07, 6.45) is 3.36. The summed E-state index contributed by atoms with van der Waals surface area (Å²) in [4.78, 5) is 49.6. The molecule has 6 rings (SSSR count). The van der Waals surface area contributed by atoms with Gasteiger partial charge in [-0.3, -0.25) is 19.2 Å². The molecule has 4 aliphatic rings. The van der Waals surface area contributed by atoms with E-state index in [0.717, 1.165) is 48.0 Å². The molecule has 0 saturated carbocycles. The first kappa shape index (κ1) is 29.3. The van der Waals surface area contributed by atoms with Crippen molar-refractivity contribution in [2.75, 3.05) is 26.4 Å². The Balaban J connectivity index is 0.000000168. The fourth-order valence-corrected chi connectivity index (χ4v) is 6.38. The molecule has 0 saturated heterocycles. The molecule has 0 aromatic heterocycles. The molecule has 220 valence electrons. The molecule has 8 nitrogen and oxygen atoms in total. The van der Waals surface area contributed by atoms with Gasteiger partial charge in [-0.25, -0.2) is 0 Å². The predicted octanol–water partition coefficient (Wildman–Crippen LogP) is 5.19. The Bertz CT molecular complexity index is 1280. The third-order valence-corrected chi connectivity index (χ3v) is 8.09. The molecule has 0 spiro atoms. The molecule has 8 heteroatoms. The highest BCUT2D eigenvalue weighted by molar-refractivity contribution is 6.12. The van der Waals surface area contributed by atoms with Gasteiger partial charge in [-0.2, -0.15) is 0 Å². The molecule has 0 bridgehead atoms. The number of rotatable bonds is 6. The van der Waals surface area contributed by atoms with Crippen molar-refractivity contribution in [2.45, 2.75) is 51.4 Å². The van der Waals surface area contributed by atoms with Gasteiger partial charge >= 0.3 is 11.9 Å². The minimum atomic E-state index is -0.796. The molecule has 0 unspecified atom stereocenters. The van der Waals surface area contributed by atoms with Crippen molar-refractivity contribution in [3.8, 4) is 0 Å². The highest BCUT2D eigenvalue weighted by atomic mass is 16.5. The van der Waals surface area contributed by atoms with Gasteiger partial charge < -0.3 is 18.9 Å². The fraction of sp³-hybridized carbons (Fsp3) is 0.412. The lowest BCUT2D eigenvalue weighted by Crippen LogP contribution is -2.28. The van der Waals surface area contributed by atoms with Crippen molar-refractivity contribution < 1.29 is 38.1 Å². The fourth-order valence-electron chi connectivity index (χ4n) is 6.38. The van der Waals surface area contributed by atoms with Gasteiger partial charge in [0, 0.05) is 11.8 Å². The van der Waals surface area contributed by atoms with Crippen LogP contribution in [0.4, 0.5) is 0 Å². The maximum absolute atomic E-state index is 12.6. The number of carbonyl (C=O) groups excluding carboxylic acids is 4. The molecule has 0 amide bonds. The first-order valence-electron chi connectivity index (χ1n) is 14.7. The zero-order valence-electron chi connectivity index (χ0n) is 24.0. The van der Waals surface area contributed by atoms with Crippen LogP contribution in [-0.2, 0) is 38.1 Å². The van der Waals surface area contributed by atoms with Crippen LogP contribution in [0.2, 0.25) is 0 Å². The smallest absolute Gasteiger partial charge is 0.317 e. The predicted molar refractivity (Wildman–Crippen MR) is 153 cm³/mol. The van der Waals surface area contributed by atoms with Gasteiger partial charge in [0.05, 0.1) is 26.4 Å². The Kier molecular flexibility index (Phi) is 9.20. The largest absolute Gasteiger partial charge is 0.490 e. The molecule has 2 aromatic rings. The number of carbonyl (C=O) groups is 4. The third-order valence-electron chi connectivity index (χ3n) is 8.09. The molecule has 2 heterocycles. The van der Waals surface area contributed by atoms with Gasteiger partial charge in [-0.05, 0) is 61.8 Å². The zero-order valence-corrected chi connectivity index (χ0v) is 24.0. The van der Waals surface area contributed by atoms with Crippen LogP contribution in [0.1, 0.15) is 62.5 Å². The van der Waals surface area contributed by atoms with Gasteiger partial charge in [0.15, 0.2) is 11.5 Å². The number of ketones is 2. The highest BCUT2D eigenvalue weighted by Gasteiger charge is 2.50. The second kappa shape index (κ2) is 13.2. The number of allylic oxidation sites excluding steroid dienone is 4. The van der Waals surface area contributed by atoms with E-state index in [0.29, 0.717) is 24.7 Å². The van der Waals surface area contributed by atoms with Gasteiger partial charge in [-0.15, -0.1) is 0 Å². The molecule has 2 aliphatic heterocycles. The lowest BCUT2D eigenvalue weighted by molar-refractivity contribution is -0.152. The second-order valence-electron chi connectivity index (χ2n) is 10.6. The third kappa shape index (κ3) is 5.62. The summed E-state index contributed by atoms with van der Waals surface area (Å²) in [6, 6.07) is 19.3. The number of esters is 2. The summed E-state index contributed by atoms with van der Waals surface area (Å²) in [5.74, 6) is -2.63. The SMILES string of the molecule is CCOC(=O)[C@@H]1C(=O)C2=C(CCCO2)[C@H]1c1ccccc1.CCOC(=O)[C@@H]1C(=O)C2=C(CCCO2)[C@H]1c1ccccc1. The molecular weight excluding hydrogens is 536 g/mol. The minimum Gasteiger partial charge on any atom is -0.490 e. The molecule has 0 radical (unpaired) electrons. The van der Waals surface area contributed by atoms with Crippen molar-refractivity contribution in [1.29, 1.82) is 0 Å². The van der Waals surface area contributed by atoms with Gasteiger partial charge in [0.2, 0.25) is 11.6 Å². The average molecular weight is 573 g/mol. The van der Waals surface area contributed by atoms with E-state index in [1.54, 1.807) is 13.8 Å². The molecule has 2 aliphatic carbocycles. The van der Waals surface area contributed by atoms with Crippen molar-refractivity contribution in [3.63, 3.8) is 0 Å². The summed E-state index contributed by atoms with van der Waals surface area (Å²) >= 11 is 0. The van der Waals surface area contributed by atoms with Crippen molar-refractivity contribution in [1.82, 2.24) is 0 Å². The number of benzene rings is 2. The van der Waals surface area contributed by atoms with E-state index >= 15 is 0 Å². The first-order valence-corrected chi connectivity index (χ1v) is 14.7. The van der Waals surface area contributed by atoms with Crippen LogP contribution < -0.4 is 0 Å². The van der Waals surface area contributed by atoms with E-state index in [2.05, 4.69) is 0 Å². The van der Waals surface area contributed by atoms with Crippen LogP contribution in [0.15, 0.2) is 83.3 Å². The number of hydrogen-bond donors (Lipinski definition) is 0. The lowest BCUT2D eigenvalue weighted by atomic mass is 9.83. The van der Waals surface area contributed by atoms with Crippen LogP contribution in [0.3, 0.4) is 0 Å². The Labute approximate surface area is 245 Å². The Hall–Kier alpha value is -4.20. The molecular formula is C34H36O8. The topological polar surface area (TPSA) is 105 Å². The second-order valence-corrected chi connectivity index (χ2v) is 10.6. The molecule has 0 fully saturated rings. The van der Waals surface area contributed by atoms with Crippen LogP contribution in [0, 0.1) is 11.8 Å². The molecule has 2 aromatic carbocycles. The van der Waals surface area contributed by atoms with E-state index < -0.39 is 23.8 Å². The van der Waals surface area contributed by atoms with Crippen molar-refractivity contribution in [2.24, 2.45) is 11.8 Å². The van der Waals surface area contributed by atoms with E-state index in [-0.39, 0.29) is 36.6 Å². The van der Waals surface area contributed by atoms with Crippen LogP contribution >= 0.6 is 0 Å². The normalized spacial score (nSPS) is 24.5. The van der Waals surface area contributed by atoms with Gasteiger partial charge in [0.25, 0.3) is 0 Å².